The topological polar surface area (TPSA) is 180 Å². The number of hydrogen-bond donors (Lipinski definition) is 1. The number of ketones is 2. The Morgan fingerprint density at radius 1 is 0.658 bits per heavy atom. The summed E-state index contributed by atoms with van der Waals surface area (Å²) in [5.74, 6) is 6.64. The van der Waals surface area contributed by atoms with E-state index in [2.05, 4.69) is 48.8 Å². The Kier molecular flexibility index (Phi) is 15.6. The van der Waals surface area contributed by atoms with Crippen LogP contribution in [0.25, 0.3) is 44.3 Å². The van der Waals surface area contributed by atoms with E-state index >= 15 is 8.78 Å². The number of methoxy groups -OCH3 is 2. The average molecular weight is 1000 g/mol. The van der Waals surface area contributed by atoms with Gasteiger partial charge in [0.25, 0.3) is 0 Å². The lowest BCUT2D eigenvalue weighted by molar-refractivity contribution is -0.0993. The van der Waals surface area contributed by atoms with Crippen LogP contribution in [0.5, 0.6) is 0 Å². The normalized spacial score (nSPS) is 12.9. The minimum absolute atomic E-state index is 0.0286. The molecule has 0 aliphatic rings. The molecule has 0 bridgehead atoms. The number of carbonyl (C=O) groups excluding carboxylic acids is 3. The van der Waals surface area contributed by atoms with Gasteiger partial charge in [-0.25, -0.2) is 36.9 Å². The smallest absolute Gasteiger partial charge is 0.420 e. The largest absolute Gasteiger partial charge is 0.443 e. The second-order valence-corrected chi connectivity index (χ2v) is 17.6. The van der Waals surface area contributed by atoms with Crippen LogP contribution in [-0.2, 0) is 49.0 Å². The van der Waals surface area contributed by atoms with Crippen molar-refractivity contribution >= 4 is 39.7 Å². The number of ether oxygens (including phenoxy) is 5. The molecule has 20 heteroatoms. The summed E-state index contributed by atoms with van der Waals surface area (Å²) in [6, 6.07) is 11.3. The Bertz CT molecular complexity index is 3520. The molecule has 0 aliphatic carbocycles. The van der Waals surface area contributed by atoms with Crippen LogP contribution in [0.15, 0.2) is 98.1 Å². The third kappa shape index (κ3) is 11.8. The van der Waals surface area contributed by atoms with Crippen LogP contribution in [0, 0.1) is 47.0 Å². The van der Waals surface area contributed by atoms with Crippen molar-refractivity contribution in [2.75, 3.05) is 27.8 Å². The Morgan fingerprint density at radius 3 is 1.62 bits per heavy atom. The van der Waals surface area contributed by atoms with Crippen molar-refractivity contribution in [3.63, 3.8) is 0 Å². The van der Waals surface area contributed by atoms with E-state index in [1.807, 2.05) is 0 Å². The molecule has 0 amide bonds. The summed E-state index contributed by atoms with van der Waals surface area (Å²) in [4.78, 5) is 50.8. The minimum atomic E-state index is -1.45. The van der Waals surface area contributed by atoms with E-state index in [1.165, 1.54) is 86.3 Å². The molecule has 1 N–H and O–H groups in total. The highest BCUT2D eigenvalue weighted by Crippen LogP contribution is 2.33. The predicted molar refractivity (Wildman–Crippen MR) is 259 cm³/mol. The van der Waals surface area contributed by atoms with Gasteiger partial charge in [-0.05, 0) is 81.9 Å². The summed E-state index contributed by atoms with van der Waals surface area (Å²) in [6.07, 6.45) is 10.5. The monoisotopic (exact) mass is 1000 g/mol. The van der Waals surface area contributed by atoms with Gasteiger partial charge >= 0.3 is 6.09 Å². The van der Waals surface area contributed by atoms with Crippen LogP contribution in [0.3, 0.4) is 0 Å². The molecule has 2 atom stereocenters. The zero-order valence-corrected chi connectivity index (χ0v) is 41.1. The van der Waals surface area contributed by atoms with Crippen molar-refractivity contribution in [3.8, 4) is 45.9 Å². The van der Waals surface area contributed by atoms with E-state index in [0.717, 1.165) is 10.8 Å². The lowest BCUT2D eigenvalue weighted by atomic mass is 9.95. The summed E-state index contributed by atoms with van der Waals surface area (Å²) in [7, 11) is 6.24. The van der Waals surface area contributed by atoms with Gasteiger partial charge in [-0.2, -0.15) is 10.2 Å². The first kappa shape index (κ1) is 52.6. The van der Waals surface area contributed by atoms with Gasteiger partial charge in [-0.15, -0.1) is 0 Å². The molecule has 0 radical (unpaired) electrons. The minimum Gasteiger partial charge on any atom is -0.443 e. The number of Topliss-reactive ketones (excluding diaryl/α,β-unsaturated/α-hetero) is 2. The highest BCUT2D eigenvalue weighted by Gasteiger charge is 2.30. The Morgan fingerprint density at radius 2 is 1.15 bits per heavy atom. The number of nitrogens with one attached hydrogen (secondary N) is 1. The van der Waals surface area contributed by atoms with E-state index < -0.39 is 57.7 Å². The number of aromatic nitrogens is 8. The van der Waals surface area contributed by atoms with E-state index in [4.69, 9.17) is 23.7 Å². The molecular formula is C53H48F4N8O8. The standard InChI is InChI=1S/C29H28F2N4O5.C24H20F2N4O3/c1-28(2,3)40-27(37)35-16-22(24-25(31)21(14-32-26(24)35)18-13-33-34(5)15-18)23(36)10-11-29(4,39-17-38-6)19-8-7-9-20(30)12-19;1-24(33-14-32-3,16-5-4-6-17(25)9-16)8-7-20(31)19-12-28-23-21(19)22(26)18(11-27-23)15-10-29-30(2)13-15/h7-9,12-16H,17H2,1-6H3;4-6,9-13H,14H2,1-3H3,(H,27,28). The highest BCUT2D eigenvalue weighted by molar-refractivity contribution is 6.18. The van der Waals surface area contributed by atoms with Gasteiger partial charge in [0.1, 0.15) is 48.1 Å². The van der Waals surface area contributed by atoms with Gasteiger partial charge in [0.2, 0.25) is 11.6 Å². The van der Waals surface area contributed by atoms with Crippen molar-refractivity contribution in [3.05, 3.63) is 144 Å². The molecule has 2 aromatic carbocycles. The summed E-state index contributed by atoms with van der Waals surface area (Å²) in [5.41, 5.74) is -1.73. The van der Waals surface area contributed by atoms with E-state index in [-0.39, 0.29) is 57.9 Å². The number of nitrogens with zero attached hydrogens (tertiary/aromatic N) is 7. The summed E-state index contributed by atoms with van der Waals surface area (Å²) >= 11 is 0. The second kappa shape index (κ2) is 21.6. The van der Waals surface area contributed by atoms with Gasteiger partial charge in [0.15, 0.2) is 16.8 Å². The molecule has 2 unspecified atom stereocenters. The summed E-state index contributed by atoms with van der Waals surface area (Å²) < 4.78 is 89.9. The molecule has 73 heavy (non-hydrogen) atoms. The Labute approximate surface area is 416 Å². The van der Waals surface area contributed by atoms with Crippen LogP contribution in [0.1, 0.15) is 66.5 Å². The maximum Gasteiger partial charge on any atom is 0.420 e. The maximum absolute atomic E-state index is 16.0. The van der Waals surface area contributed by atoms with Gasteiger partial charge in [-0.3, -0.25) is 19.0 Å². The van der Waals surface area contributed by atoms with E-state index in [1.54, 1.807) is 77.9 Å². The maximum atomic E-state index is 16.0. The first-order valence-corrected chi connectivity index (χ1v) is 22.1. The first-order chi connectivity index (χ1) is 34.6. The number of H-pyrrole nitrogens is 1. The number of benzene rings is 2. The number of hydrogen-bond acceptors (Lipinski definition) is 12. The molecule has 0 spiro atoms. The lowest BCUT2D eigenvalue weighted by Gasteiger charge is -2.24. The number of rotatable bonds is 12. The number of aromatic amines is 1. The second-order valence-electron chi connectivity index (χ2n) is 17.6. The Hall–Kier alpha value is -8.27. The molecule has 8 aromatic rings. The van der Waals surface area contributed by atoms with Crippen molar-refractivity contribution in [2.24, 2.45) is 14.1 Å². The Balaban J connectivity index is 0.000000218. The van der Waals surface area contributed by atoms with E-state index in [9.17, 15) is 23.2 Å². The molecule has 0 aliphatic heterocycles. The molecule has 16 nitrogen and oxygen atoms in total. The van der Waals surface area contributed by atoms with E-state index in [0.29, 0.717) is 22.3 Å². The zero-order valence-electron chi connectivity index (χ0n) is 41.1. The molecule has 0 fully saturated rings. The van der Waals surface area contributed by atoms with Crippen LogP contribution >= 0.6 is 0 Å². The van der Waals surface area contributed by atoms with Crippen molar-refractivity contribution in [1.82, 2.24) is 39.1 Å². The van der Waals surface area contributed by atoms with Gasteiger partial charge in [0, 0.05) is 87.7 Å². The van der Waals surface area contributed by atoms with Crippen molar-refractivity contribution < 1.29 is 55.6 Å². The molecule has 6 aromatic heterocycles. The fourth-order valence-corrected chi connectivity index (χ4v) is 7.33. The number of halogens is 4. The fourth-order valence-electron chi connectivity index (χ4n) is 7.33. The van der Waals surface area contributed by atoms with Gasteiger partial charge in [0.05, 0.1) is 34.3 Å². The predicted octanol–water partition coefficient (Wildman–Crippen LogP) is 9.18. The van der Waals surface area contributed by atoms with Crippen LogP contribution in [-0.4, -0.2) is 90.1 Å². The molecule has 0 saturated carbocycles. The SMILES string of the molecule is COCOC(C)(C#CC(=O)c1c[nH]c2ncc(-c3cnn(C)c3)c(F)c12)c1cccc(F)c1.COCOC(C)(C#CC(=O)c1cn(C(=O)OC(C)(C)C)c2ncc(-c3cnn(C)c3)c(F)c12)c1cccc(F)c1. The molecule has 8 rings (SSSR count). The third-order valence-corrected chi connectivity index (χ3v) is 11.0. The molecule has 6 heterocycles. The molecular weight excluding hydrogens is 953 g/mol. The zero-order chi connectivity index (χ0) is 52.8. The average Bonchev–Trinajstić information content (AvgIpc) is 4.18. The molecule has 376 valence electrons. The number of aryl methyl sites for hydroxylation is 2. The number of carbonyl (C=O) groups is 3. The summed E-state index contributed by atoms with van der Waals surface area (Å²) in [6.45, 7) is 7.85. The lowest BCUT2D eigenvalue weighted by Crippen LogP contribution is -2.27. The highest BCUT2D eigenvalue weighted by atomic mass is 19.1. The number of fused-ring (bicyclic) bond motifs is 2. The van der Waals surface area contributed by atoms with Crippen LogP contribution < -0.4 is 0 Å². The summed E-state index contributed by atoms with van der Waals surface area (Å²) in [5, 5.41) is 7.93. The first-order valence-electron chi connectivity index (χ1n) is 22.1. The van der Waals surface area contributed by atoms with Crippen LogP contribution in [0.2, 0.25) is 0 Å². The third-order valence-electron chi connectivity index (χ3n) is 11.0. The number of pyridine rings is 2. The van der Waals surface area contributed by atoms with Crippen molar-refractivity contribution in [1.29, 1.82) is 0 Å². The van der Waals surface area contributed by atoms with Gasteiger partial charge in [-0.1, -0.05) is 36.1 Å². The molecule has 0 saturated heterocycles. The quantitative estimate of drug-likeness (QED) is 0.0404. The van der Waals surface area contributed by atoms with Crippen molar-refractivity contribution in [2.45, 2.75) is 51.4 Å². The van der Waals surface area contributed by atoms with Crippen LogP contribution in [0.4, 0.5) is 22.4 Å². The van der Waals surface area contributed by atoms with Gasteiger partial charge < -0.3 is 28.7 Å². The fraction of sp³-hybridized carbons (Fsp3) is 0.264.